The predicted molar refractivity (Wildman–Crippen MR) is 94.7 cm³/mol. The number of aryl methyl sites for hydroxylation is 2. The summed E-state index contributed by atoms with van der Waals surface area (Å²) in [7, 11) is 1.37. The molecular weight excluding hydrogens is 292 g/mol. The third kappa shape index (κ3) is 7.50. The van der Waals surface area contributed by atoms with Crippen molar-refractivity contribution in [2.45, 2.75) is 60.5 Å². The van der Waals surface area contributed by atoms with E-state index in [1.54, 1.807) is 0 Å². The van der Waals surface area contributed by atoms with Crippen LogP contribution >= 0.6 is 0 Å². The van der Waals surface area contributed by atoms with Crippen LogP contribution in [-0.4, -0.2) is 47.5 Å². The fraction of sp³-hybridized carbons (Fsp3) is 0.765. The Morgan fingerprint density at radius 1 is 1.39 bits per heavy atom. The number of methoxy groups -OCH3 is 1. The second-order valence-corrected chi connectivity index (χ2v) is 5.46. The number of aromatic nitrogens is 2. The number of nitrogens with zero attached hydrogens (tertiary/aromatic N) is 3. The van der Waals surface area contributed by atoms with Crippen LogP contribution in [0.3, 0.4) is 0 Å². The van der Waals surface area contributed by atoms with Gasteiger partial charge in [0, 0.05) is 37.4 Å². The molecule has 1 aromatic rings. The molecule has 6 heteroatoms. The van der Waals surface area contributed by atoms with E-state index in [9.17, 15) is 4.79 Å². The first kappa shape index (κ1) is 21.4. The lowest BCUT2D eigenvalue weighted by molar-refractivity contribution is 0.165. The van der Waals surface area contributed by atoms with Crippen molar-refractivity contribution in [2.24, 2.45) is 0 Å². The van der Waals surface area contributed by atoms with Crippen molar-refractivity contribution in [1.82, 2.24) is 20.0 Å². The lowest BCUT2D eigenvalue weighted by atomic mass is 10.1. The zero-order valence-electron chi connectivity index (χ0n) is 15.8. The summed E-state index contributed by atoms with van der Waals surface area (Å²) in [5.41, 5.74) is 2.31. The Bertz CT molecular complexity index is 446. The van der Waals surface area contributed by atoms with Crippen molar-refractivity contribution >= 4 is 6.09 Å². The Morgan fingerprint density at radius 3 is 2.43 bits per heavy atom. The average molecular weight is 326 g/mol. The lowest BCUT2D eigenvalue weighted by Crippen LogP contribution is -2.36. The topological polar surface area (TPSA) is 59.4 Å². The molecule has 0 aliphatic carbocycles. The Hall–Kier alpha value is -1.56. The van der Waals surface area contributed by atoms with Crippen molar-refractivity contribution in [3.05, 3.63) is 17.5 Å². The summed E-state index contributed by atoms with van der Waals surface area (Å²) in [5.74, 6) is 0. The first-order valence-electron chi connectivity index (χ1n) is 8.54. The third-order valence-corrected chi connectivity index (χ3v) is 3.57. The minimum absolute atomic E-state index is 0.278. The maximum absolute atomic E-state index is 11.1. The van der Waals surface area contributed by atoms with Crippen molar-refractivity contribution in [3.63, 3.8) is 0 Å². The van der Waals surface area contributed by atoms with Gasteiger partial charge in [-0.15, -0.1) is 0 Å². The number of ether oxygens (including phenoxy) is 1. The van der Waals surface area contributed by atoms with E-state index >= 15 is 0 Å². The Balaban J connectivity index is 0.00000149. The van der Waals surface area contributed by atoms with Gasteiger partial charge in [0.2, 0.25) is 0 Å². The molecule has 0 spiro atoms. The van der Waals surface area contributed by atoms with Crippen LogP contribution in [0.25, 0.3) is 0 Å². The van der Waals surface area contributed by atoms with Gasteiger partial charge in [-0.2, -0.15) is 5.10 Å². The van der Waals surface area contributed by atoms with Gasteiger partial charge in [-0.1, -0.05) is 27.2 Å². The summed E-state index contributed by atoms with van der Waals surface area (Å²) in [6.45, 7) is 15.8. The molecule has 0 aliphatic heterocycles. The number of rotatable bonds is 7. The van der Waals surface area contributed by atoms with Crippen LogP contribution in [0, 0.1) is 6.92 Å². The Kier molecular flexibility index (Phi) is 11.1. The monoisotopic (exact) mass is 326 g/mol. The first-order valence-corrected chi connectivity index (χ1v) is 8.54. The van der Waals surface area contributed by atoms with Crippen molar-refractivity contribution in [1.29, 1.82) is 0 Å². The average Bonchev–Trinajstić information content (AvgIpc) is 2.92. The van der Waals surface area contributed by atoms with Gasteiger partial charge < -0.3 is 10.1 Å². The molecule has 0 saturated carbocycles. The SMILES string of the molecule is CCC.CCN(CCNC(=O)OC)C(C)c1cn(CC)nc1C. The van der Waals surface area contributed by atoms with E-state index in [1.165, 1.54) is 19.1 Å². The minimum Gasteiger partial charge on any atom is -0.453 e. The molecule has 1 heterocycles. The highest BCUT2D eigenvalue weighted by molar-refractivity contribution is 5.66. The normalized spacial score (nSPS) is 11.7. The summed E-state index contributed by atoms with van der Waals surface area (Å²) in [5, 5.41) is 7.20. The van der Waals surface area contributed by atoms with Gasteiger partial charge in [-0.05, 0) is 27.3 Å². The fourth-order valence-corrected chi connectivity index (χ4v) is 2.30. The molecule has 23 heavy (non-hydrogen) atoms. The lowest BCUT2D eigenvalue weighted by Gasteiger charge is -2.27. The standard InChI is InChI=1S/C14H26N4O2.C3H8/c1-6-17(9-8-15-14(19)20-5)12(4)13-10-18(7-2)16-11(13)3;1-3-2/h10,12H,6-9H2,1-5H3,(H,15,19);3H2,1-2H3. The largest absolute Gasteiger partial charge is 0.453 e. The summed E-state index contributed by atoms with van der Waals surface area (Å²) in [6, 6.07) is 0.278. The molecule has 0 aromatic carbocycles. The molecule has 1 N–H and O–H groups in total. The molecule has 1 rings (SSSR count). The quantitative estimate of drug-likeness (QED) is 0.834. The second kappa shape index (κ2) is 11.9. The summed E-state index contributed by atoms with van der Waals surface area (Å²) < 4.78 is 6.53. The van der Waals surface area contributed by atoms with E-state index < -0.39 is 0 Å². The van der Waals surface area contributed by atoms with Crippen LogP contribution in [0.4, 0.5) is 4.79 Å². The Labute approximate surface area is 141 Å². The van der Waals surface area contributed by atoms with Gasteiger partial charge in [-0.25, -0.2) is 4.79 Å². The van der Waals surface area contributed by atoms with Gasteiger partial charge >= 0.3 is 6.09 Å². The molecule has 134 valence electrons. The number of carbonyl (C=O) groups is 1. The van der Waals surface area contributed by atoms with Crippen LogP contribution in [0.15, 0.2) is 6.20 Å². The molecule has 0 radical (unpaired) electrons. The van der Waals surface area contributed by atoms with Gasteiger partial charge in [0.25, 0.3) is 0 Å². The van der Waals surface area contributed by atoms with Crippen LogP contribution < -0.4 is 5.32 Å². The number of hydrogen-bond donors (Lipinski definition) is 1. The maximum Gasteiger partial charge on any atom is 0.406 e. The molecule has 0 bridgehead atoms. The number of likely N-dealkylation sites (N-methyl/N-ethyl adjacent to an activating group) is 1. The van der Waals surface area contributed by atoms with E-state index in [4.69, 9.17) is 0 Å². The number of alkyl carbamates (subject to hydrolysis) is 1. The van der Waals surface area contributed by atoms with Crippen LogP contribution in [0.5, 0.6) is 0 Å². The highest BCUT2D eigenvalue weighted by Crippen LogP contribution is 2.22. The van der Waals surface area contributed by atoms with Crippen molar-refractivity contribution in [3.8, 4) is 0 Å². The molecule has 0 fully saturated rings. The Morgan fingerprint density at radius 2 is 2.00 bits per heavy atom. The van der Waals surface area contributed by atoms with E-state index in [-0.39, 0.29) is 12.1 Å². The zero-order chi connectivity index (χ0) is 17.8. The first-order chi connectivity index (χ1) is 10.9. The molecule has 1 aromatic heterocycles. The van der Waals surface area contributed by atoms with Crippen molar-refractivity contribution in [2.75, 3.05) is 26.7 Å². The third-order valence-electron chi connectivity index (χ3n) is 3.57. The van der Waals surface area contributed by atoms with Crippen LogP contribution in [0.2, 0.25) is 0 Å². The van der Waals surface area contributed by atoms with E-state index in [0.717, 1.165) is 25.3 Å². The van der Waals surface area contributed by atoms with Crippen LogP contribution in [-0.2, 0) is 11.3 Å². The number of amides is 1. The molecule has 0 saturated heterocycles. The van der Waals surface area contributed by atoms with E-state index in [1.807, 2.05) is 11.6 Å². The van der Waals surface area contributed by atoms with Crippen LogP contribution in [0.1, 0.15) is 58.3 Å². The predicted octanol–water partition coefficient (Wildman–Crippen LogP) is 3.37. The molecular formula is C17H34N4O2. The molecule has 1 unspecified atom stereocenters. The highest BCUT2D eigenvalue weighted by Gasteiger charge is 2.18. The summed E-state index contributed by atoms with van der Waals surface area (Å²) in [6.07, 6.45) is 2.97. The summed E-state index contributed by atoms with van der Waals surface area (Å²) in [4.78, 5) is 13.4. The van der Waals surface area contributed by atoms with Gasteiger partial charge in [0.1, 0.15) is 0 Å². The van der Waals surface area contributed by atoms with Crippen molar-refractivity contribution < 1.29 is 9.53 Å². The minimum atomic E-state index is -0.385. The summed E-state index contributed by atoms with van der Waals surface area (Å²) >= 11 is 0. The highest BCUT2D eigenvalue weighted by atomic mass is 16.5. The number of hydrogen-bond acceptors (Lipinski definition) is 4. The van der Waals surface area contributed by atoms with Gasteiger partial charge in [0.05, 0.1) is 12.8 Å². The van der Waals surface area contributed by atoms with E-state index in [0.29, 0.717) is 6.54 Å². The molecule has 0 aliphatic rings. The van der Waals surface area contributed by atoms with Gasteiger partial charge in [0.15, 0.2) is 0 Å². The smallest absolute Gasteiger partial charge is 0.406 e. The fourth-order valence-electron chi connectivity index (χ4n) is 2.30. The van der Waals surface area contributed by atoms with E-state index in [2.05, 4.69) is 60.9 Å². The molecule has 1 atom stereocenters. The zero-order valence-corrected chi connectivity index (χ0v) is 15.8. The number of carbonyl (C=O) groups excluding carboxylic acids is 1. The van der Waals surface area contributed by atoms with Gasteiger partial charge in [-0.3, -0.25) is 9.58 Å². The second-order valence-electron chi connectivity index (χ2n) is 5.46. The molecule has 1 amide bonds. The number of nitrogens with one attached hydrogen (secondary N) is 1. The molecule has 6 nitrogen and oxygen atoms in total. The maximum atomic E-state index is 11.1.